The number of hydrogen-bond donors (Lipinski definition) is 0. The van der Waals surface area contributed by atoms with E-state index in [-0.39, 0.29) is 5.41 Å². The van der Waals surface area contributed by atoms with Gasteiger partial charge in [0.05, 0.1) is 0 Å². The molecule has 0 aliphatic carbocycles. The Morgan fingerprint density at radius 3 is 1.85 bits per heavy atom. The van der Waals surface area contributed by atoms with E-state index in [9.17, 15) is 0 Å². The highest BCUT2D eigenvalue weighted by molar-refractivity contribution is 5.97. The van der Waals surface area contributed by atoms with Gasteiger partial charge in [-0.15, -0.1) is 6.58 Å². The molecule has 0 bridgehead atoms. The molecule has 0 saturated heterocycles. The first-order chi connectivity index (χ1) is 9.83. The van der Waals surface area contributed by atoms with Crippen molar-refractivity contribution in [1.82, 2.24) is 0 Å². The summed E-state index contributed by atoms with van der Waals surface area (Å²) in [6, 6.07) is 21.3. The summed E-state index contributed by atoms with van der Waals surface area (Å²) < 4.78 is 5.36. The molecule has 0 saturated carbocycles. The van der Waals surface area contributed by atoms with Crippen molar-refractivity contribution in [2.75, 3.05) is 6.61 Å². The van der Waals surface area contributed by atoms with Crippen molar-refractivity contribution in [3.05, 3.63) is 84.4 Å². The molecule has 0 spiro atoms. The van der Waals surface area contributed by atoms with Crippen molar-refractivity contribution in [2.24, 2.45) is 0 Å². The first kappa shape index (κ1) is 14.8. The minimum Gasteiger partial charge on any atom is -0.428 e. The molecule has 0 fully saturated rings. The Hall–Kier alpha value is -1.64. The molecular formula is C18H22OSi. The first-order valence-corrected chi connectivity index (χ1v) is 7.89. The normalized spacial score (nSPS) is 11.4. The van der Waals surface area contributed by atoms with E-state index in [4.69, 9.17) is 4.43 Å². The van der Waals surface area contributed by atoms with Gasteiger partial charge in [0.2, 0.25) is 0 Å². The van der Waals surface area contributed by atoms with Crippen LogP contribution in [0, 0.1) is 0 Å². The summed E-state index contributed by atoms with van der Waals surface area (Å²) in [5.41, 5.74) is 2.48. The molecule has 0 aliphatic heterocycles. The van der Waals surface area contributed by atoms with Crippen LogP contribution in [0.25, 0.3) is 0 Å². The Kier molecular flexibility index (Phi) is 5.33. The monoisotopic (exact) mass is 282 g/mol. The van der Waals surface area contributed by atoms with Gasteiger partial charge in [0.15, 0.2) is 0 Å². The van der Waals surface area contributed by atoms with Gasteiger partial charge in [-0.25, -0.2) is 0 Å². The molecule has 2 aromatic rings. The van der Waals surface area contributed by atoms with E-state index in [2.05, 4.69) is 73.3 Å². The summed E-state index contributed by atoms with van der Waals surface area (Å²) in [5, 5.41) is 0. The second kappa shape index (κ2) is 7.22. The molecule has 0 amide bonds. The smallest absolute Gasteiger partial charge is 0.145 e. The zero-order valence-corrected chi connectivity index (χ0v) is 14.1. The predicted molar refractivity (Wildman–Crippen MR) is 89.0 cm³/mol. The third kappa shape index (κ3) is 3.09. The van der Waals surface area contributed by atoms with Gasteiger partial charge in [0, 0.05) is 12.0 Å². The Morgan fingerprint density at radius 2 is 1.45 bits per heavy atom. The van der Waals surface area contributed by atoms with Crippen molar-refractivity contribution < 1.29 is 4.43 Å². The largest absolute Gasteiger partial charge is 0.428 e. The molecular weight excluding hydrogens is 260 g/mol. The van der Waals surface area contributed by atoms with E-state index in [1.165, 1.54) is 11.1 Å². The fourth-order valence-corrected chi connectivity index (χ4v) is 3.05. The van der Waals surface area contributed by atoms with Crippen molar-refractivity contribution in [3.63, 3.8) is 0 Å². The molecule has 0 aliphatic rings. The average Bonchev–Trinajstić information content (AvgIpc) is 2.54. The molecule has 1 nitrogen and oxygen atoms in total. The quantitative estimate of drug-likeness (QED) is 0.430. The van der Waals surface area contributed by atoms with Crippen molar-refractivity contribution in [1.29, 1.82) is 0 Å². The highest BCUT2D eigenvalue weighted by atomic mass is 28.2. The molecule has 0 heterocycles. The van der Waals surface area contributed by atoms with Gasteiger partial charge in [-0.05, 0) is 24.0 Å². The average molecular weight is 282 g/mol. The van der Waals surface area contributed by atoms with Crippen molar-refractivity contribution in [3.8, 4) is 0 Å². The molecule has 0 unspecified atom stereocenters. The van der Waals surface area contributed by atoms with E-state index in [1.807, 2.05) is 0 Å². The van der Waals surface area contributed by atoms with E-state index >= 15 is 0 Å². The van der Waals surface area contributed by atoms with Crippen LogP contribution in [0.3, 0.4) is 0 Å². The minimum atomic E-state index is -0.122. The molecule has 0 radical (unpaired) electrons. The molecule has 2 aromatic carbocycles. The fourth-order valence-electron chi connectivity index (χ4n) is 2.76. The summed E-state index contributed by atoms with van der Waals surface area (Å²) in [6.07, 6.45) is 4.15. The number of benzene rings is 2. The molecule has 104 valence electrons. The maximum Gasteiger partial charge on any atom is 0.145 e. The zero-order valence-electron chi connectivity index (χ0n) is 12.1. The van der Waals surface area contributed by atoms with Crippen molar-refractivity contribution in [2.45, 2.75) is 18.3 Å². The summed E-state index contributed by atoms with van der Waals surface area (Å²) in [5.74, 6) is 0. The Morgan fingerprint density at radius 1 is 0.950 bits per heavy atom. The molecule has 0 aromatic heterocycles. The molecule has 0 atom stereocenters. The van der Waals surface area contributed by atoms with Crippen LogP contribution in [0.1, 0.15) is 24.0 Å². The molecule has 2 heteroatoms. The maximum absolute atomic E-state index is 5.36. The highest BCUT2D eigenvalue weighted by Crippen LogP contribution is 2.37. The van der Waals surface area contributed by atoms with Crippen LogP contribution >= 0.6 is 0 Å². The van der Waals surface area contributed by atoms with Gasteiger partial charge in [-0.3, -0.25) is 0 Å². The van der Waals surface area contributed by atoms with Gasteiger partial charge in [0.25, 0.3) is 0 Å². The SMILES string of the molecule is C=CC(CCCO[SiH3])(c1ccccc1)c1ccccc1. The Labute approximate surface area is 124 Å². The second-order valence-electron chi connectivity index (χ2n) is 5.00. The fraction of sp³-hybridized carbons (Fsp3) is 0.222. The number of hydrogen-bond acceptors (Lipinski definition) is 1. The van der Waals surface area contributed by atoms with Crippen LogP contribution in [-0.2, 0) is 9.84 Å². The number of allylic oxidation sites excluding steroid dienone is 1. The van der Waals surface area contributed by atoms with Gasteiger partial charge in [-0.2, -0.15) is 0 Å². The molecule has 0 N–H and O–H groups in total. The second-order valence-corrected chi connectivity index (χ2v) is 5.58. The van der Waals surface area contributed by atoms with E-state index in [1.54, 1.807) is 0 Å². The van der Waals surface area contributed by atoms with E-state index in [0.29, 0.717) is 0 Å². The van der Waals surface area contributed by atoms with Crippen LogP contribution in [0.5, 0.6) is 0 Å². The molecule has 20 heavy (non-hydrogen) atoms. The van der Waals surface area contributed by atoms with Crippen LogP contribution in [0.4, 0.5) is 0 Å². The summed E-state index contributed by atoms with van der Waals surface area (Å²) >= 11 is 0. The first-order valence-electron chi connectivity index (χ1n) is 7.07. The third-order valence-corrected chi connectivity index (χ3v) is 4.25. The van der Waals surface area contributed by atoms with Gasteiger partial charge >= 0.3 is 0 Å². The van der Waals surface area contributed by atoms with E-state index < -0.39 is 0 Å². The van der Waals surface area contributed by atoms with Gasteiger partial charge in [0.1, 0.15) is 10.5 Å². The van der Waals surface area contributed by atoms with E-state index in [0.717, 1.165) is 29.9 Å². The Balaban J connectivity index is 2.44. The minimum absolute atomic E-state index is 0.122. The third-order valence-electron chi connectivity index (χ3n) is 3.85. The standard InChI is InChI=1S/C18H22OSi/c1-2-18(14-9-15-19-20,16-10-5-3-6-11-16)17-12-7-4-8-13-17/h2-8,10-13H,1,9,14-15H2,20H3. The summed E-state index contributed by atoms with van der Waals surface area (Å²) in [7, 11) is 0.806. The maximum atomic E-state index is 5.36. The van der Waals surface area contributed by atoms with Gasteiger partial charge in [-0.1, -0.05) is 66.7 Å². The zero-order chi connectivity index (χ0) is 14.3. The topological polar surface area (TPSA) is 9.23 Å². The lowest BCUT2D eigenvalue weighted by molar-refractivity contribution is 0.324. The number of rotatable bonds is 7. The highest BCUT2D eigenvalue weighted by Gasteiger charge is 2.30. The van der Waals surface area contributed by atoms with Crippen LogP contribution in [0.2, 0.25) is 0 Å². The lowest BCUT2D eigenvalue weighted by Gasteiger charge is -2.32. The Bertz CT molecular complexity index is 482. The summed E-state index contributed by atoms with van der Waals surface area (Å²) in [4.78, 5) is 0. The predicted octanol–water partition coefficient (Wildman–Crippen LogP) is 3.24. The van der Waals surface area contributed by atoms with Crippen LogP contribution < -0.4 is 0 Å². The lowest BCUT2D eigenvalue weighted by atomic mass is 9.71. The van der Waals surface area contributed by atoms with Crippen LogP contribution in [0.15, 0.2) is 73.3 Å². The van der Waals surface area contributed by atoms with Crippen molar-refractivity contribution >= 4 is 10.5 Å². The van der Waals surface area contributed by atoms with Gasteiger partial charge < -0.3 is 4.43 Å². The van der Waals surface area contributed by atoms with Crippen LogP contribution in [-0.4, -0.2) is 17.1 Å². The summed E-state index contributed by atoms with van der Waals surface area (Å²) in [6.45, 7) is 4.97. The lowest BCUT2D eigenvalue weighted by Crippen LogP contribution is -2.25. The molecule has 2 rings (SSSR count).